The summed E-state index contributed by atoms with van der Waals surface area (Å²) < 4.78 is 0. The summed E-state index contributed by atoms with van der Waals surface area (Å²) in [6, 6.07) is 1.33. The standard InChI is InChI=1S/C11H25N3/c1-10(9-14(2)3)13-11-5-4-7-12-8-6-11/h10-13H,4-9H2,1-3H3. The van der Waals surface area contributed by atoms with Crippen LogP contribution < -0.4 is 10.6 Å². The molecule has 14 heavy (non-hydrogen) atoms. The molecule has 1 fully saturated rings. The maximum absolute atomic E-state index is 3.71. The Kier molecular flexibility index (Phi) is 5.45. The van der Waals surface area contributed by atoms with E-state index < -0.39 is 0 Å². The van der Waals surface area contributed by atoms with Gasteiger partial charge in [-0.3, -0.25) is 0 Å². The van der Waals surface area contributed by atoms with Gasteiger partial charge >= 0.3 is 0 Å². The van der Waals surface area contributed by atoms with Crippen molar-refractivity contribution in [3.63, 3.8) is 0 Å². The Morgan fingerprint density at radius 3 is 2.86 bits per heavy atom. The topological polar surface area (TPSA) is 27.3 Å². The van der Waals surface area contributed by atoms with Crippen LogP contribution in [0.3, 0.4) is 0 Å². The predicted molar refractivity (Wildman–Crippen MR) is 61.7 cm³/mol. The van der Waals surface area contributed by atoms with Gasteiger partial charge < -0.3 is 15.5 Å². The summed E-state index contributed by atoms with van der Waals surface area (Å²) in [5, 5.41) is 7.15. The van der Waals surface area contributed by atoms with Crippen LogP contribution in [-0.2, 0) is 0 Å². The van der Waals surface area contributed by atoms with Gasteiger partial charge in [0, 0.05) is 18.6 Å². The summed E-state index contributed by atoms with van der Waals surface area (Å²) in [6.45, 7) is 5.77. The molecular weight excluding hydrogens is 174 g/mol. The monoisotopic (exact) mass is 199 g/mol. The van der Waals surface area contributed by atoms with Gasteiger partial charge in [0.1, 0.15) is 0 Å². The van der Waals surface area contributed by atoms with E-state index in [1.807, 2.05) is 0 Å². The first-order valence-corrected chi connectivity index (χ1v) is 5.80. The molecule has 84 valence electrons. The summed E-state index contributed by atoms with van der Waals surface area (Å²) >= 11 is 0. The number of nitrogens with zero attached hydrogens (tertiary/aromatic N) is 1. The Balaban J connectivity index is 2.20. The number of nitrogens with one attached hydrogen (secondary N) is 2. The van der Waals surface area contributed by atoms with Gasteiger partial charge in [0.2, 0.25) is 0 Å². The number of likely N-dealkylation sites (N-methyl/N-ethyl adjacent to an activating group) is 1. The van der Waals surface area contributed by atoms with E-state index in [2.05, 4.69) is 36.6 Å². The van der Waals surface area contributed by atoms with Gasteiger partial charge in [0.25, 0.3) is 0 Å². The number of rotatable bonds is 4. The number of hydrogen-bond acceptors (Lipinski definition) is 3. The molecule has 0 aromatic heterocycles. The highest BCUT2D eigenvalue weighted by atomic mass is 15.1. The van der Waals surface area contributed by atoms with Crippen molar-refractivity contribution in [2.24, 2.45) is 0 Å². The Bertz CT molecular complexity index is 139. The van der Waals surface area contributed by atoms with E-state index in [4.69, 9.17) is 0 Å². The third kappa shape index (κ3) is 4.94. The second kappa shape index (κ2) is 6.38. The molecule has 3 heteroatoms. The molecule has 2 atom stereocenters. The van der Waals surface area contributed by atoms with Crippen LogP contribution in [0.4, 0.5) is 0 Å². The molecule has 1 aliphatic heterocycles. The first-order chi connectivity index (χ1) is 6.68. The molecule has 0 saturated carbocycles. The lowest BCUT2D eigenvalue weighted by molar-refractivity contribution is 0.319. The summed E-state index contributed by atoms with van der Waals surface area (Å²) in [5.74, 6) is 0. The Labute approximate surface area is 88.2 Å². The maximum Gasteiger partial charge on any atom is 0.0169 e. The molecule has 2 N–H and O–H groups in total. The summed E-state index contributed by atoms with van der Waals surface area (Å²) in [6.07, 6.45) is 3.91. The largest absolute Gasteiger partial charge is 0.317 e. The molecule has 1 heterocycles. The van der Waals surface area contributed by atoms with Crippen molar-refractivity contribution in [3.05, 3.63) is 0 Å². The van der Waals surface area contributed by atoms with Crippen molar-refractivity contribution in [1.82, 2.24) is 15.5 Å². The van der Waals surface area contributed by atoms with Gasteiger partial charge in [-0.1, -0.05) is 0 Å². The van der Waals surface area contributed by atoms with Gasteiger partial charge in [-0.25, -0.2) is 0 Å². The van der Waals surface area contributed by atoms with Gasteiger partial charge in [0.15, 0.2) is 0 Å². The minimum Gasteiger partial charge on any atom is -0.317 e. The SMILES string of the molecule is CC(CN(C)C)NC1CCCNCC1. The van der Waals surface area contributed by atoms with Crippen LogP contribution in [0.15, 0.2) is 0 Å². The lowest BCUT2D eigenvalue weighted by Gasteiger charge is -2.24. The van der Waals surface area contributed by atoms with Crippen LogP contribution in [0, 0.1) is 0 Å². The lowest BCUT2D eigenvalue weighted by Crippen LogP contribution is -2.42. The van der Waals surface area contributed by atoms with Gasteiger partial charge in [-0.2, -0.15) is 0 Å². The van der Waals surface area contributed by atoms with Crippen LogP contribution in [0.25, 0.3) is 0 Å². The van der Waals surface area contributed by atoms with Crippen molar-refractivity contribution in [2.75, 3.05) is 33.7 Å². The number of hydrogen-bond donors (Lipinski definition) is 2. The fourth-order valence-corrected chi connectivity index (χ4v) is 2.19. The van der Waals surface area contributed by atoms with Gasteiger partial charge in [-0.05, 0) is 53.4 Å². The Morgan fingerprint density at radius 2 is 2.14 bits per heavy atom. The quantitative estimate of drug-likeness (QED) is 0.697. The van der Waals surface area contributed by atoms with E-state index in [1.54, 1.807) is 0 Å². The van der Waals surface area contributed by atoms with E-state index in [-0.39, 0.29) is 0 Å². The first-order valence-electron chi connectivity index (χ1n) is 5.80. The van der Waals surface area contributed by atoms with Crippen LogP contribution in [0.2, 0.25) is 0 Å². The third-order valence-electron chi connectivity index (χ3n) is 2.73. The zero-order chi connectivity index (χ0) is 10.4. The second-order valence-corrected chi connectivity index (χ2v) is 4.71. The summed E-state index contributed by atoms with van der Waals surface area (Å²) in [4.78, 5) is 2.24. The van der Waals surface area contributed by atoms with E-state index in [0.29, 0.717) is 6.04 Å². The summed E-state index contributed by atoms with van der Waals surface area (Å²) in [5.41, 5.74) is 0. The average molecular weight is 199 g/mol. The van der Waals surface area contributed by atoms with Crippen molar-refractivity contribution in [3.8, 4) is 0 Å². The second-order valence-electron chi connectivity index (χ2n) is 4.71. The molecule has 1 aliphatic rings. The van der Waals surface area contributed by atoms with Crippen LogP contribution in [-0.4, -0.2) is 50.7 Å². The Hall–Kier alpha value is -0.120. The van der Waals surface area contributed by atoms with Crippen LogP contribution in [0.5, 0.6) is 0 Å². The van der Waals surface area contributed by atoms with Crippen molar-refractivity contribution >= 4 is 0 Å². The van der Waals surface area contributed by atoms with Gasteiger partial charge in [-0.15, -0.1) is 0 Å². The molecule has 0 bridgehead atoms. The molecule has 3 nitrogen and oxygen atoms in total. The molecule has 0 radical (unpaired) electrons. The average Bonchev–Trinajstić information content (AvgIpc) is 2.31. The van der Waals surface area contributed by atoms with Crippen molar-refractivity contribution < 1.29 is 0 Å². The molecule has 0 aromatic rings. The first kappa shape index (κ1) is 12.0. The highest BCUT2D eigenvalue weighted by molar-refractivity contribution is 4.76. The smallest absolute Gasteiger partial charge is 0.0169 e. The molecule has 2 unspecified atom stereocenters. The Morgan fingerprint density at radius 1 is 1.36 bits per heavy atom. The lowest BCUT2D eigenvalue weighted by atomic mass is 10.1. The van der Waals surface area contributed by atoms with Crippen LogP contribution in [0.1, 0.15) is 26.2 Å². The maximum atomic E-state index is 3.71. The van der Waals surface area contributed by atoms with Gasteiger partial charge in [0.05, 0.1) is 0 Å². The highest BCUT2D eigenvalue weighted by Crippen LogP contribution is 2.05. The van der Waals surface area contributed by atoms with Crippen molar-refractivity contribution in [1.29, 1.82) is 0 Å². The molecule has 1 saturated heterocycles. The fourth-order valence-electron chi connectivity index (χ4n) is 2.19. The minimum absolute atomic E-state index is 0.605. The summed E-state index contributed by atoms with van der Waals surface area (Å²) in [7, 11) is 4.26. The van der Waals surface area contributed by atoms with Crippen molar-refractivity contribution in [2.45, 2.75) is 38.3 Å². The molecule has 0 aromatic carbocycles. The molecule has 0 spiro atoms. The van der Waals surface area contributed by atoms with E-state index >= 15 is 0 Å². The molecule has 0 amide bonds. The van der Waals surface area contributed by atoms with E-state index in [1.165, 1.54) is 32.4 Å². The molecular formula is C11H25N3. The zero-order valence-electron chi connectivity index (χ0n) is 9.84. The van der Waals surface area contributed by atoms with E-state index in [0.717, 1.165) is 12.6 Å². The molecule has 0 aliphatic carbocycles. The fraction of sp³-hybridized carbons (Fsp3) is 1.00. The highest BCUT2D eigenvalue weighted by Gasteiger charge is 2.14. The van der Waals surface area contributed by atoms with Crippen LogP contribution >= 0.6 is 0 Å². The normalized spacial score (nSPS) is 26.1. The van der Waals surface area contributed by atoms with E-state index in [9.17, 15) is 0 Å². The molecule has 1 rings (SSSR count). The third-order valence-corrected chi connectivity index (χ3v) is 2.73. The predicted octanol–water partition coefficient (Wildman–Crippen LogP) is 0.668. The minimum atomic E-state index is 0.605. The zero-order valence-corrected chi connectivity index (χ0v) is 9.84.